The number of hydrogen-bond acceptors (Lipinski definition) is 4. The molecule has 6 nitrogen and oxygen atoms in total. The summed E-state index contributed by atoms with van der Waals surface area (Å²) in [6.07, 6.45) is 0.633. The van der Waals surface area contributed by atoms with E-state index in [0.717, 1.165) is 5.56 Å². The van der Waals surface area contributed by atoms with Gasteiger partial charge in [0.15, 0.2) is 0 Å². The second-order valence-electron chi connectivity index (χ2n) is 7.23. The second kappa shape index (κ2) is 11.1. The zero-order chi connectivity index (χ0) is 22.9. The van der Waals surface area contributed by atoms with Crippen molar-refractivity contribution in [2.45, 2.75) is 13.0 Å². The minimum atomic E-state index is -0.454. The fraction of sp³-hybridized carbons (Fsp3) is 0.200. The van der Waals surface area contributed by atoms with Crippen molar-refractivity contribution >= 4 is 17.5 Å². The molecule has 0 aliphatic carbocycles. The lowest BCUT2D eigenvalue weighted by atomic mass is 10.1. The molecule has 3 rings (SSSR count). The molecule has 0 unspecified atom stereocenters. The average molecular weight is 435 g/mol. The summed E-state index contributed by atoms with van der Waals surface area (Å²) in [6.45, 7) is 1.25. The summed E-state index contributed by atoms with van der Waals surface area (Å²) in [4.78, 5) is 27.1. The number of halogens is 1. The number of methoxy groups -OCH3 is 1. The number of anilines is 1. The van der Waals surface area contributed by atoms with Gasteiger partial charge in [0.25, 0.3) is 11.8 Å². The molecule has 0 atom stereocenters. The van der Waals surface area contributed by atoms with Crippen LogP contribution < -0.4 is 15.8 Å². The van der Waals surface area contributed by atoms with Crippen LogP contribution in [-0.2, 0) is 6.54 Å². The molecule has 0 fully saturated rings. The Morgan fingerprint density at radius 2 is 1.78 bits per heavy atom. The highest BCUT2D eigenvalue weighted by molar-refractivity contribution is 6.06. The minimum Gasteiger partial charge on any atom is -0.496 e. The largest absolute Gasteiger partial charge is 0.496 e. The van der Waals surface area contributed by atoms with Crippen molar-refractivity contribution in [1.82, 2.24) is 4.90 Å². The van der Waals surface area contributed by atoms with E-state index in [1.807, 2.05) is 12.1 Å². The molecule has 0 aliphatic rings. The molecule has 3 N–H and O–H groups in total. The maximum Gasteiger partial charge on any atom is 0.259 e. The van der Waals surface area contributed by atoms with Crippen molar-refractivity contribution in [3.05, 3.63) is 95.3 Å². The minimum absolute atomic E-state index is 0.258. The van der Waals surface area contributed by atoms with Crippen molar-refractivity contribution in [3.63, 3.8) is 0 Å². The third-order valence-corrected chi connectivity index (χ3v) is 4.93. The van der Waals surface area contributed by atoms with Crippen LogP contribution in [0.3, 0.4) is 0 Å². The number of hydrogen-bond donors (Lipinski definition) is 2. The topological polar surface area (TPSA) is 84.7 Å². The van der Waals surface area contributed by atoms with Crippen LogP contribution in [0, 0.1) is 5.82 Å². The molecule has 3 aromatic carbocycles. The Morgan fingerprint density at radius 1 is 1.03 bits per heavy atom. The number of carbonyl (C=O) groups is 2. The molecule has 0 radical (unpaired) electrons. The fourth-order valence-corrected chi connectivity index (χ4v) is 3.28. The zero-order valence-electron chi connectivity index (χ0n) is 17.9. The van der Waals surface area contributed by atoms with Crippen molar-refractivity contribution in [2.75, 3.05) is 25.5 Å². The van der Waals surface area contributed by atoms with Gasteiger partial charge in [-0.05, 0) is 61.0 Å². The summed E-state index contributed by atoms with van der Waals surface area (Å²) >= 11 is 0. The molecule has 0 aromatic heterocycles. The van der Waals surface area contributed by atoms with Gasteiger partial charge in [-0.2, -0.15) is 0 Å². The van der Waals surface area contributed by atoms with E-state index in [0.29, 0.717) is 48.6 Å². The number of nitrogens with two attached hydrogens (primary N) is 1. The van der Waals surface area contributed by atoms with E-state index in [4.69, 9.17) is 10.5 Å². The second-order valence-corrected chi connectivity index (χ2v) is 7.23. The monoisotopic (exact) mass is 435 g/mol. The summed E-state index contributed by atoms with van der Waals surface area (Å²) in [5.74, 6) is -0.495. The smallest absolute Gasteiger partial charge is 0.259 e. The molecule has 0 saturated heterocycles. The number of nitrogens with zero attached hydrogens (tertiary/aromatic N) is 1. The van der Waals surface area contributed by atoms with Gasteiger partial charge in [0, 0.05) is 24.3 Å². The van der Waals surface area contributed by atoms with Gasteiger partial charge in [0.2, 0.25) is 0 Å². The summed E-state index contributed by atoms with van der Waals surface area (Å²) < 4.78 is 18.8. The van der Waals surface area contributed by atoms with Crippen LogP contribution in [0.1, 0.15) is 32.7 Å². The number of nitrogens with one attached hydrogen (secondary N) is 1. The molecule has 0 bridgehead atoms. The predicted molar refractivity (Wildman–Crippen MR) is 122 cm³/mol. The van der Waals surface area contributed by atoms with E-state index in [9.17, 15) is 14.0 Å². The standard InChI is InChI=1S/C25H26FN3O3/c1-32-23-9-3-2-8-22(23)24(30)28-21-12-10-18(11-13-21)17-29(15-5-14-27)25(31)19-6-4-7-20(26)16-19/h2-4,6-13,16H,5,14-15,17,27H2,1H3,(H,28,30). The molecule has 0 heterocycles. The molecule has 166 valence electrons. The van der Waals surface area contributed by atoms with Gasteiger partial charge in [0.05, 0.1) is 12.7 Å². The normalized spacial score (nSPS) is 10.5. The first kappa shape index (κ1) is 23.0. The van der Waals surface area contributed by atoms with Gasteiger partial charge in [-0.15, -0.1) is 0 Å². The number of carbonyl (C=O) groups excluding carboxylic acids is 2. The van der Waals surface area contributed by atoms with Crippen LogP contribution in [0.4, 0.5) is 10.1 Å². The van der Waals surface area contributed by atoms with Gasteiger partial charge in [-0.1, -0.05) is 30.3 Å². The zero-order valence-corrected chi connectivity index (χ0v) is 17.9. The Hall–Kier alpha value is -3.71. The summed E-state index contributed by atoms with van der Waals surface area (Å²) in [7, 11) is 1.52. The van der Waals surface area contributed by atoms with Crippen LogP contribution >= 0.6 is 0 Å². The molecule has 0 aliphatic heterocycles. The summed E-state index contributed by atoms with van der Waals surface area (Å²) in [6, 6.07) is 19.9. The highest BCUT2D eigenvalue weighted by Crippen LogP contribution is 2.20. The molecular weight excluding hydrogens is 409 g/mol. The van der Waals surface area contributed by atoms with Crippen molar-refractivity contribution in [1.29, 1.82) is 0 Å². The molecule has 0 saturated carbocycles. The first-order chi connectivity index (χ1) is 15.5. The Bertz CT molecular complexity index is 1070. The van der Waals surface area contributed by atoms with E-state index in [1.165, 1.54) is 25.3 Å². The third kappa shape index (κ3) is 5.92. The number of benzene rings is 3. The molecule has 0 spiro atoms. The highest BCUT2D eigenvalue weighted by atomic mass is 19.1. The van der Waals surface area contributed by atoms with Crippen molar-refractivity contribution in [3.8, 4) is 5.75 Å². The van der Waals surface area contributed by atoms with E-state index < -0.39 is 5.82 Å². The predicted octanol–water partition coefficient (Wildman–Crippen LogP) is 4.08. The molecular formula is C25H26FN3O3. The Labute approximate surface area is 186 Å². The number of rotatable bonds is 9. The fourth-order valence-electron chi connectivity index (χ4n) is 3.28. The van der Waals surface area contributed by atoms with Gasteiger partial charge in [-0.3, -0.25) is 9.59 Å². The quantitative estimate of drug-likeness (QED) is 0.531. The first-order valence-corrected chi connectivity index (χ1v) is 10.3. The summed E-state index contributed by atoms with van der Waals surface area (Å²) in [5, 5.41) is 2.84. The molecule has 32 heavy (non-hydrogen) atoms. The van der Waals surface area contributed by atoms with Crippen molar-refractivity contribution in [2.24, 2.45) is 5.73 Å². The van der Waals surface area contributed by atoms with Crippen LogP contribution in [0.5, 0.6) is 5.75 Å². The molecule has 3 aromatic rings. The van der Waals surface area contributed by atoms with Crippen LogP contribution in [0.25, 0.3) is 0 Å². The van der Waals surface area contributed by atoms with Gasteiger partial charge >= 0.3 is 0 Å². The Balaban J connectivity index is 1.70. The maximum atomic E-state index is 13.6. The Kier molecular flexibility index (Phi) is 7.94. The van der Waals surface area contributed by atoms with E-state index in [-0.39, 0.29) is 11.8 Å². The van der Waals surface area contributed by atoms with E-state index in [1.54, 1.807) is 47.4 Å². The maximum absolute atomic E-state index is 13.6. The van der Waals surface area contributed by atoms with Crippen LogP contribution in [0.15, 0.2) is 72.8 Å². The SMILES string of the molecule is COc1ccccc1C(=O)Nc1ccc(CN(CCCN)C(=O)c2cccc(F)c2)cc1. The lowest BCUT2D eigenvalue weighted by molar-refractivity contribution is 0.0741. The molecule has 7 heteroatoms. The van der Waals surface area contributed by atoms with Gasteiger partial charge < -0.3 is 20.7 Å². The lowest BCUT2D eigenvalue weighted by Gasteiger charge is -2.23. The van der Waals surface area contributed by atoms with Gasteiger partial charge in [0.1, 0.15) is 11.6 Å². The first-order valence-electron chi connectivity index (χ1n) is 10.3. The number of amides is 2. The van der Waals surface area contributed by atoms with Crippen molar-refractivity contribution < 1.29 is 18.7 Å². The van der Waals surface area contributed by atoms with Crippen LogP contribution in [0.2, 0.25) is 0 Å². The third-order valence-electron chi connectivity index (χ3n) is 4.93. The number of para-hydroxylation sites is 1. The number of ether oxygens (including phenoxy) is 1. The van der Waals surface area contributed by atoms with E-state index in [2.05, 4.69) is 5.32 Å². The van der Waals surface area contributed by atoms with Gasteiger partial charge in [-0.25, -0.2) is 4.39 Å². The Morgan fingerprint density at radius 3 is 2.47 bits per heavy atom. The highest BCUT2D eigenvalue weighted by Gasteiger charge is 2.17. The molecule has 2 amide bonds. The lowest BCUT2D eigenvalue weighted by Crippen LogP contribution is -2.32. The summed E-state index contributed by atoms with van der Waals surface area (Å²) in [5.41, 5.74) is 7.85. The van der Waals surface area contributed by atoms with E-state index >= 15 is 0 Å². The van der Waals surface area contributed by atoms with Crippen LogP contribution in [-0.4, -0.2) is 36.9 Å². The average Bonchev–Trinajstić information content (AvgIpc) is 2.82.